The molecular formula is C30H34O6. The fourth-order valence-electron chi connectivity index (χ4n) is 3.76. The molecule has 3 aromatic rings. The lowest BCUT2D eigenvalue weighted by Crippen LogP contribution is -2.38. The maximum absolute atomic E-state index is 11.7. The van der Waals surface area contributed by atoms with Gasteiger partial charge in [-0.05, 0) is 23.1 Å². The third-order valence-corrected chi connectivity index (χ3v) is 5.57. The Morgan fingerprint density at radius 2 is 1.31 bits per heavy atom. The van der Waals surface area contributed by atoms with E-state index in [0.717, 1.165) is 16.7 Å². The Labute approximate surface area is 213 Å². The second-order valence-corrected chi connectivity index (χ2v) is 8.16. The predicted molar refractivity (Wildman–Crippen MR) is 138 cm³/mol. The monoisotopic (exact) mass is 490 g/mol. The Morgan fingerprint density at radius 1 is 0.750 bits per heavy atom. The van der Waals surface area contributed by atoms with E-state index >= 15 is 0 Å². The zero-order valence-electron chi connectivity index (χ0n) is 20.8. The standard InChI is InChI=1S/C30H34O6/c1-32-23-36-29(26-17-10-5-11-18-26)30(35-22-25-15-8-4-9-16-25)27(19-12-20-28(31)33-2)34-21-24-13-6-3-7-14-24/h3-18,20,27,29-30H,19,21-23H2,1-2H3/b20-12-/t27-,29+,30-/m0/s1. The van der Waals surface area contributed by atoms with Gasteiger partial charge in [0.2, 0.25) is 0 Å². The first kappa shape index (κ1) is 27.3. The molecule has 0 amide bonds. The molecule has 0 aromatic heterocycles. The van der Waals surface area contributed by atoms with Crippen LogP contribution >= 0.6 is 0 Å². The van der Waals surface area contributed by atoms with Gasteiger partial charge >= 0.3 is 5.97 Å². The summed E-state index contributed by atoms with van der Waals surface area (Å²) >= 11 is 0. The second-order valence-electron chi connectivity index (χ2n) is 8.16. The van der Waals surface area contributed by atoms with E-state index in [-0.39, 0.29) is 6.79 Å². The summed E-state index contributed by atoms with van der Waals surface area (Å²) in [6.45, 7) is 0.847. The summed E-state index contributed by atoms with van der Waals surface area (Å²) in [5.41, 5.74) is 3.01. The lowest BCUT2D eigenvalue weighted by Gasteiger charge is -2.33. The van der Waals surface area contributed by atoms with Crippen molar-refractivity contribution in [2.24, 2.45) is 0 Å². The van der Waals surface area contributed by atoms with Crippen molar-refractivity contribution in [1.82, 2.24) is 0 Å². The van der Waals surface area contributed by atoms with Crippen molar-refractivity contribution in [3.05, 3.63) is 120 Å². The number of esters is 1. The number of methoxy groups -OCH3 is 2. The van der Waals surface area contributed by atoms with Gasteiger partial charge in [0.15, 0.2) is 0 Å². The molecule has 0 heterocycles. The van der Waals surface area contributed by atoms with Gasteiger partial charge in [0, 0.05) is 13.2 Å². The van der Waals surface area contributed by atoms with Crippen LogP contribution in [0.4, 0.5) is 0 Å². The molecule has 0 aliphatic carbocycles. The molecule has 190 valence electrons. The van der Waals surface area contributed by atoms with Gasteiger partial charge in [-0.15, -0.1) is 0 Å². The highest BCUT2D eigenvalue weighted by molar-refractivity contribution is 5.81. The summed E-state index contributed by atoms with van der Waals surface area (Å²) in [4.78, 5) is 11.7. The van der Waals surface area contributed by atoms with Crippen LogP contribution < -0.4 is 0 Å². The van der Waals surface area contributed by atoms with Crippen molar-refractivity contribution in [2.45, 2.75) is 37.9 Å². The molecule has 0 bridgehead atoms. The minimum atomic E-state index is -0.506. The number of ether oxygens (including phenoxy) is 5. The van der Waals surface area contributed by atoms with Crippen LogP contribution in [-0.4, -0.2) is 39.2 Å². The zero-order valence-corrected chi connectivity index (χ0v) is 20.8. The van der Waals surface area contributed by atoms with E-state index in [1.165, 1.54) is 13.2 Å². The minimum Gasteiger partial charge on any atom is -0.466 e. The van der Waals surface area contributed by atoms with E-state index in [4.69, 9.17) is 23.7 Å². The molecule has 0 saturated heterocycles. The molecule has 0 saturated carbocycles. The molecule has 3 rings (SSSR count). The Kier molecular flexibility index (Phi) is 11.9. The number of rotatable bonds is 15. The van der Waals surface area contributed by atoms with Crippen LogP contribution in [0.15, 0.2) is 103 Å². The molecule has 0 spiro atoms. The molecular weight excluding hydrogens is 456 g/mol. The molecule has 6 heteroatoms. The third-order valence-electron chi connectivity index (χ3n) is 5.57. The second kappa shape index (κ2) is 15.7. The molecule has 0 N–H and O–H groups in total. The summed E-state index contributed by atoms with van der Waals surface area (Å²) in [7, 11) is 2.94. The van der Waals surface area contributed by atoms with Gasteiger partial charge in [-0.1, -0.05) is 97.1 Å². The Morgan fingerprint density at radius 3 is 1.86 bits per heavy atom. The highest BCUT2D eigenvalue weighted by Crippen LogP contribution is 2.30. The van der Waals surface area contributed by atoms with Crippen molar-refractivity contribution >= 4 is 5.97 Å². The van der Waals surface area contributed by atoms with Crippen molar-refractivity contribution in [3.63, 3.8) is 0 Å². The number of hydrogen-bond donors (Lipinski definition) is 0. The van der Waals surface area contributed by atoms with Crippen molar-refractivity contribution in [2.75, 3.05) is 21.0 Å². The molecule has 0 aliphatic rings. The first-order valence-electron chi connectivity index (χ1n) is 11.9. The van der Waals surface area contributed by atoms with Gasteiger partial charge < -0.3 is 23.7 Å². The van der Waals surface area contributed by atoms with Gasteiger partial charge in [-0.2, -0.15) is 0 Å². The molecule has 0 unspecified atom stereocenters. The average Bonchev–Trinajstić information content (AvgIpc) is 2.94. The molecule has 3 aromatic carbocycles. The Hall–Kier alpha value is -3.29. The lowest BCUT2D eigenvalue weighted by molar-refractivity contribution is -0.175. The van der Waals surface area contributed by atoms with Crippen molar-refractivity contribution in [1.29, 1.82) is 0 Å². The van der Waals surface area contributed by atoms with Crippen LogP contribution in [-0.2, 0) is 41.7 Å². The predicted octanol–water partition coefficient (Wildman–Crippen LogP) is 5.64. The van der Waals surface area contributed by atoms with E-state index in [1.54, 1.807) is 13.2 Å². The van der Waals surface area contributed by atoms with Gasteiger partial charge in [0.05, 0.1) is 26.4 Å². The summed E-state index contributed by atoms with van der Waals surface area (Å²) in [6.07, 6.45) is 2.16. The van der Waals surface area contributed by atoms with Gasteiger partial charge in [0.25, 0.3) is 0 Å². The fourth-order valence-corrected chi connectivity index (χ4v) is 3.76. The minimum absolute atomic E-state index is 0.0914. The molecule has 0 radical (unpaired) electrons. The van der Waals surface area contributed by atoms with E-state index in [0.29, 0.717) is 19.6 Å². The maximum atomic E-state index is 11.7. The average molecular weight is 491 g/mol. The topological polar surface area (TPSA) is 63.2 Å². The molecule has 0 fully saturated rings. The third kappa shape index (κ3) is 9.06. The van der Waals surface area contributed by atoms with Crippen LogP contribution in [0.2, 0.25) is 0 Å². The van der Waals surface area contributed by atoms with Crippen LogP contribution in [0, 0.1) is 0 Å². The smallest absolute Gasteiger partial charge is 0.330 e. The Balaban J connectivity index is 1.92. The number of hydrogen-bond acceptors (Lipinski definition) is 6. The zero-order chi connectivity index (χ0) is 25.4. The van der Waals surface area contributed by atoms with Crippen molar-refractivity contribution < 1.29 is 28.5 Å². The number of benzene rings is 3. The highest BCUT2D eigenvalue weighted by atomic mass is 16.7. The highest BCUT2D eigenvalue weighted by Gasteiger charge is 2.33. The number of carbonyl (C=O) groups is 1. The molecule has 6 nitrogen and oxygen atoms in total. The van der Waals surface area contributed by atoms with E-state index in [1.807, 2.05) is 91.0 Å². The first-order valence-corrected chi connectivity index (χ1v) is 11.9. The summed E-state index contributed by atoms with van der Waals surface area (Å²) in [5, 5.41) is 0. The summed E-state index contributed by atoms with van der Waals surface area (Å²) in [6, 6.07) is 29.8. The van der Waals surface area contributed by atoms with E-state index in [9.17, 15) is 4.79 Å². The normalized spacial score (nSPS) is 13.8. The maximum Gasteiger partial charge on any atom is 0.330 e. The van der Waals surface area contributed by atoms with Crippen molar-refractivity contribution in [3.8, 4) is 0 Å². The fraction of sp³-hybridized carbons (Fsp3) is 0.300. The van der Waals surface area contributed by atoms with Crippen LogP contribution in [0.5, 0.6) is 0 Å². The van der Waals surface area contributed by atoms with E-state index < -0.39 is 24.3 Å². The van der Waals surface area contributed by atoms with Crippen LogP contribution in [0.25, 0.3) is 0 Å². The number of carbonyl (C=O) groups excluding carboxylic acids is 1. The molecule has 36 heavy (non-hydrogen) atoms. The summed E-state index contributed by atoms with van der Waals surface area (Å²) < 4.78 is 29.1. The van der Waals surface area contributed by atoms with Gasteiger partial charge in [0.1, 0.15) is 19.0 Å². The van der Waals surface area contributed by atoms with Crippen LogP contribution in [0.1, 0.15) is 29.2 Å². The summed E-state index contributed by atoms with van der Waals surface area (Å²) in [5.74, 6) is -0.422. The van der Waals surface area contributed by atoms with Gasteiger partial charge in [-0.25, -0.2) is 4.79 Å². The van der Waals surface area contributed by atoms with E-state index in [2.05, 4.69) is 0 Å². The molecule has 3 atom stereocenters. The lowest BCUT2D eigenvalue weighted by atomic mass is 9.97. The SMILES string of the molecule is COCO[C@H](c1ccccc1)[C@@H](OCc1ccccc1)[C@H](C/C=C\C(=O)OC)OCc1ccccc1. The van der Waals surface area contributed by atoms with Gasteiger partial charge in [-0.3, -0.25) is 0 Å². The molecule has 0 aliphatic heterocycles. The largest absolute Gasteiger partial charge is 0.466 e. The quantitative estimate of drug-likeness (QED) is 0.156. The Bertz CT molecular complexity index is 1020. The first-order chi connectivity index (χ1) is 17.7. The van der Waals surface area contributed by atoms with Crippen LogP contribution in [0.3, 0.4) is 0 Å².